The number of hydrogen-bond acceptors (Lipinski definition) is 2. The van der Waals surface area contributed by atoms with Crippen molar-refractivity contribution in [2.45, 2.75) is 241 Å². The number of carbonyl (C=O) groups is 1. The minimum absolute atomic E-state index is 0.0664. The van der Waals surface area contributed by atoms with E-state index >= 15 is 0 Å². The summed E-state index contributed by atoms with van der Waals surface area (Å²) in [6, 6.07) is 0. The van der Waals surface area contributed by atoms with Crippen molar-refractivity contribution in [3.63, 3.8) is 0 Å². The van der Waals surface area contributed by atoms with Crippen LogP contribution in [0.2, 0.25) is 0 Å². The monoisotopic (exact) mass is 709 g/mol. The molecule has 0 saturated heterocycles. The van der Waals surface area contributed by atoms with Crippen molar-refractivity contribution in [1.29, 1.82) is 0 Å². The summed E-state index contributed by atoms with van der Waals surface area (Å²) in [4.78, 5) is 12.9. The molecule has 0 aromatic carbocycles. The van der Waals surface area contributed by atoms with Crippen molar-refractivity contribution in [1.82, 2.24) is 0 Å². The van der Waals surface area contributed by atoms with Gasteiger partial charge in [-0.1, -0.05) is 182 Å². The van der Waals surface area contributed by atoms with Crippen LogP contribution in [0.3, 0.4) is 0 Å². The summed E-state index contributed by atoms with van der Waals surface area (Å²) in [5.41, 5.74) is 2.52. The quantitative estimate of drug-likeness (QED) is 0.0536. The van der Waals surface area contributed by atoms with Crippen LogP contribution >= 0.6 is 0 Å². The molecule has 0 heterocycles. The van der Waals surface area contributed by atoms with Crippen molar-refractivity contribution in [3.05, 3.63) is 11.6 Å². The van der Waals surface area contributed by atoms with E-state index in [1.54, 1.807) is 5.57 Å². The van der Waals surface area contributed by atoms with E-state index in [9.17, 15) is 4.79 Å². The fourth-order valence-corrected chi connectivity index (χ4v) is 12.2. The first kappa shape index (κ1) is 42.9. The first-order valence-corrected chi connectivity index (χ1v) is 23.5. The summed E-state index contributed by atoms with van der Waals surface area (Å²) in [5, 5.41) is 0. The van der Waals surface area contributed by atoms with Gasteiger partial charge in [-0.2, -0.15) is 0 Å². The highest BCUT2D eigenvalue weighted by Crippen LogP contribution is 2.67. The average Bonchev–Trinajstić information content (AvgIpc) is 3.47. The number of carbonyl (C=O) groups excluding carboxylic acids is 1. The third-order valence-corrected chi connectivity index (χ3v) is 16.1. The normalized spacial score (nSPS) is 31.5. The molecule has 4 aliphatic carbocycles. The fourth-order valence-electron chi connectivity index (χ4n) is 12.2. The highest BCUT2D eigenvalue weighted by atomic mass is 16.5. The van der Waals surface area contributed by atoms with Crippen LogP contribution < -0.4 is 0 Å². The van der Waals surface area contributed by atoms with Crippen molar-refractivity contribution < 1.29 is 9.53 Å². The van der Waals surface area contributed by atoms with Crippen LogP contribution in [0.25, 0.3) is 0 Å². The number of unbranched alkanes of at least 4 members (excludes halogenated alkanes) is 17. The Morgan fingerprint density at radius 1 is 0.706 bits per heavy atom. The van der Waals surface area contributed by atoms with E-state index in [0.29, 0.717) is 17.3 Å². The molecule has 3 fully saturated rings. The van der Waals surface area contributed by atoms with E-state index in [4.69, 9.17) is 4.74 Å². The zero-order valence-corrected chi connectivity index (χ0v) is 35.5. The summed E-state index contributed by atoms with van der Waals surface area (Å²) in [5.74, 6) is 6.11. The predicted molar refractivity (Wildman–Crippen MR) is 221 cm³/mol. The van der Waals surface area contributed by atoms with Gasteiger partial charge < -0.3 is 4.74 Å². The van der Waals surface area contributed by atoms with Crippen LogP contribution in [0.4, 0.5) is 0 Å². The maximum atomic E-state index is 12.9. The van der Waals surface area contributed by atoms with Crippen molar-refractivity contribution in [2.75, 3.05) is 0 Å². The molecule has 0 amide bonds. The number of ether oxygens (including phenoxy) is 1. The number of fused-ring (bicyclic) bond motifs is 5. The van der Waals surface area contributed by atoms with Crippen LogP contribution in [0.15, 0.2) is 11.6 Å². The van der Waals surface area contributed by atoms with Crippen molar-refractivity contribution in [2.24, 2.45) is 52.3 Å². The lowest BCUT2D eigenvalue weighted by Gasteiger charge is -2.58. The van der Waals surface area contributed by atoms with E-state index in [-0.39, 0.29) is 12.1 Å². The number of hydrogen-bond donors (Lipinski definition) is 0. The molecule has 9 atom stereocenters. The Morgan fingerprint density at radius 2 is 1.27 bits per heavy atom. The molecule has 4 aliphatic rings. The Balaban J connectivity index is 1.06. The second-order valence-corrected chi connectivity index (χ2v) is 19.9. The van der Waals surface area contributed by atoms with Crippen LogP contribution in [-0.2, 0) is 9.53 Å². The molecule has 0 N–H and O–H groups in total. The topological polar surface area (TPSA) is 26.3 Å². The molecular weight excluding hydrogens is 621 g/mol. The van der Waals surface area contributed by atoms with Crippen LogP contribution in [-0.4, -0.2) is 12.1 Å². The van der Waals surface area contributed by atoms with Gasteiger partial charge in [0.05, 0.1) is 0 Å². The van der Waals surface area contributed by atoms with E-state index in [2.05, 4.69) is 54.5 Å². The molecule has 3 saturated carbocycles. The molecule has 0 aliphatic heterocycles. The second kappa shape index (κ2) is 21.9. The minimum atomic E-state index is 0.0664. The Hall–Kier alpha value is -0.790. The lowest BCUT2D eigenvalue weighted by Crippen LogP contribution is -2.51. The molecule has 0 aromatic rings. The van der Waals surface area contributed by atoms with Crippen LogP contribution in [0, 0.1) is 52.3 Å². The Bertz CT molecular complexity index is 1010. The zero-order chi connectivity index (χ0) is 36.7. The summed E-state index contributed by atoms with van der Waals surface area (Å²) >= 11 is 0. The van der Waals surface area contributed by atoms with Crippen LogP contribution in [0.1, 0.15) is 235 Å². The second-order valence-electron chi connectivity index (χ2n) is 19.9. The minimum Gasteiger partial charge on any atom is -0.462 e. The zero-order valence-electron chi connectivity index (χ0n) is 35.5. The van der Waals surface area contributed by atoms with E-state index in [1.165, 1.54) is 161 Å². The van der Waals surface area contributed by atoms with E-state index in [0.717, 1.165) is 60.7 Å². The third-order valence-electron chi connectivity index (χ3n) is 16.1. The smallest absolute Gasteiger partial charge is 0.306 e. The molecule has 9 unspecified atom stereocenters. The molecular formula is C49H88O2. The number of allylic oxidation sites excluding steroid dienone is 1. The van der Waals surface area contributed by atoms with Gasteiger partial charge in [0.25, 0.3) is 0 Å². The summed E-state index contributed by atoms with van der Waals surface area (Å²) in [7, 11) is 0. The molecule has 0 spiro atoms. The molecule has 0 radical (unpaired) electrons. The first-order chi connectivity index (χ1) is 24.6. The largest absolute Gasteiger partial charge is 0.462 e. The highest BCUT2D eigenvalue weighted by Gasteiger charge is 2.59. The summed E-state index contributed by atoms with van der Waals surface area (Å²) in [6.45, 7) is 17.5. The molecule has 51 heavy (non-hydrogen) atoms. The molecule has 0 bridgehead atoms. The maximum absolute atomic E-state index is 12.9. The van der Waals surface area contributed by atoms with Gasteiger partial charge in [-0.05, 0) is 104 Å². The predicted octanol–water partition coefficient (Wildman–Crippen LogP) is 15.6. The van der Waals surface area contributed by atoms with Gasteiger partial charge in [0.15, 0.2) is 0 Å². The van der Waals surface area contributed by atoms with Gasteiger partial charge >= 0.3 is 5.97 Å². The van der Waals surface area contributed by atoms with Gasteiger partial charge in [-0.15, -0.1) is 0 Å². The summed E-state index contributed by atoms with van der Waals surface area (Å²) in [6.07, 6.45) is 41.4. The van der Waals surface area contributed by atoms with Gasteiger partial charge in [-0.25, -0.2) is 0 Å². The lowest BCUT2D eigenvalue weighted by atomic mass is 9.47. The van der Waals surface area contributed by atoms with Gasteiger partial charge in [0.2, 0.25) is 0 Å². The molecule has 2 nitrogen and oxygen atoms in total. The van der Waals surface area contributed by atoms with E-state index < -0.39 is 0 Å². The van der Waals surface area contributed by atoms with E-state index in [1.807, 2.05) is 0 Å². The highest BCUT2D eigenvalue weighted by molar-refractivity contribution is 5.69. The maximum Gasteiger partial charge on any atom is 0.306 e. The average molecular weight is 709 g/mol. The Kier molecular flexibility index (Phi) is 18.5. The molecule has 0 aromatic heterocycles. The number of rotatable bonds is 25. The molecule has 296 valence electrons. The third kappa shape index (κ3) is 12.4. The standard InChI is InChI=1S/C49H88O2/c1-8-9-10-11-12-13-14-15-16-17-18-19-20-21-22-23-24-25-26-47(50)51-42-33-35-48(6)41(37-42)29-30-43-45-32-31-44(49(45,7)36-34-46(43)48)40(5)28-27-39(4)38(2)3/h29,38-40,42-46H,8-28,30-37H2,1-7H3. The van der Waals surface area contributed by atoms with Crippen molar-refractivity contribution >= 4 is 5.97 Å². The number of esters is 1. The Labute approximate surface area is 319 Å². The molecule has 4 rings (SSSR count). The SMILES string of the molecule is CCCCCCCCCCCCCCCCCCCCC(=O)OC1CCC2(C)C(=CCC3C2CCC2(C)C(C(C)CCC(C)C(C)C)CCC32)C1. The fraction of sp³-hybridized carbons (Fsp3) is 0.939. The van der Waals surface area contributed by atoms with Gasteiger partial charge in [0.1, 0.15) is 6.10 Å². The van der Waals surface area contributed by atoms with Gasteiger partial charge in [0, 0.05) is 12.8 Å². The van der Waals surface area contributed by atoms with Crippen LogP contribution in [0.5, 0.6) is 0 Å². The Morgan fingerprint density at radius 3 is 1.84 bits per heavy atom. The summed E-state index contributed by atoms with van der Waals surface area (Å²) < 4.78 is 6.15. The first-order valence-electron chi connectivity index (χ1n) is 23.5. The van der Waals surface area contributed by atoms with Crippen molar-refractivity contribution in [3.8, 4) is 0 Å². The van der Waals surface area contributed by atoms with Gasteiger partial charge in [-0.3, -0.25) is 4.79 Å². The molecule has 2 heteroatoms. The lowest BCUT2D eigenvalue weighted by molar-refractivity contribution is -0.151.